The van der Waals surface area contributed by atoms with Gasteiger partial charge in [0.15, 0.2) is 0 Å². The van der Waals surface area contributed by atoms with Crippen LogP contribution in [0.2, 0.25) is 5.02 Å². The van der Waals surface area contributed by atoms with Crippen LogP contribution >= 0.6 is 22.9 Å². The van der Waals surface area contributed by atoms with Crippen molar-refractivity contribution in [1.29, 1.82) is 0 Å². The highest BCUT2D eigenvalue weighted by atomic mass is 35.5. The highest BCUT2D eigenvalue weighted by Gasteiger charge is 2.22. The summed E-state index contributed by atoms with van der Waals surface area (Å²) in [6.45, 7) is 6.65. The molecule has 4 rings (SSSR count). The van der Waals surface area contributed by atoms with E-state index in [1.807, 2.05) is 23.5 Å². The van der Waals surface area contributed by atoms with Crippen LogP contribution < -0.4 is 0 Å². The number of rotatable bonds is 7. The molecule has 2 heterocycles. The molecule has 1 aromatic heterocycles. The van der Waals surface area contributed by atoms with E-state index in [2.05, 4.69) is 60.2 Å². The summed E-state index contributed by atoms with van der Waals surface area (Å²) < 4.78 is 1.40. The third-order valence-electron chi connectivity index (χ3n) is 6.08. The van der Waals surface area contributed by atoms with Gasteiger partial charge in [-0.2, -0.15) is 0 Å². The number of fused-ring (bicyclic) bond motifs is 1. The van der Waals surface area contributed by atoms with E-state index < -0.39 is 0 Å². The summed E-state index contributed by atoms with van der Waals surface area (Å²) >= 11 is 8.04. The van der Waals surface area contributed by atoms with Crippen LogP contribution in [0.1, 0.15) is 35.3 Å². The van der Waals surface area contributed by atoms with E-state index in [4.69, 9.17) is 11.6 Å². The number of benzene rings is 2. The van der Waals surface area contributed by atoms with Crippen LogP contribution in [-0.2, 0) is 13.1 Å². The fraction of sp³-hybridized carbons (Fsp3) is 0.417. The largest absolute Gasteiger partial charge is 0.303 e. The molecule has 1 aliphatic rings. The van der Waals surface area contributed by atoms with Gasteiger partial charge < -0.3 is 4.90 Å². The molecule has 1 aliphatic heterocycles. The van der Waals surface area contributed by atoms with Gasteiger partial charge in [0.2, 0.25) is 0 Å². The van der Waals surface area contributed by atoms with E-state index in [9.17, 15) is 0 Å². The Morgan fingerprint density at radius 1 is 1.11 bits per heavy atom. The molecule has 0 bridgehead atoms. The molecule has 0 saturated carbocycles. The van der Waals surface area contributed by atoms with Crippen LogP contribution in [0.5, 0.6) is 0 Å². The fourth-order valence-electron chi connectivity index (χ4n) is 4.32. The molecule has 0 radical (unpaired) electrons. The van der Waals surface area contributed by atoms with Gasteiger partial charge in [0.05, 0.1) is 0 Å². The minimum Gasteiger partial charge on any atom is -0.303 e. The molecule has 1 saturated heterocycles. The van der Waals surface area contributed by atoms with E-state index in [-0.39, 0.29) is 0 Å². The summed E-state index contributed by atoms with van der Waals surface area (Å²) in [7, 11) is 2.28. The van der Waals surface area contributed by atoms with Crippen molar-refractivity contribution >= 4 is 33.0 Å². The quantitative estimate of drug-likeness (QED) is 0.446. The maximum absolute atomic E-state index is 6.09. The standard InChI is InChI=1S/C24H29ClN2S/c1-18-22-7-3-4-8-23(22)28-24(18)17-27(15-13-21-6-5-14-26(21)2)16-19-9-11-20(25)12-10-19/h3-4,7-12,21H,5-6,13-17H2,1-2H3/t21-/m0/s1. The second-order valence-electron chi connectivity index (χ2n) is 8.05. The van der Waals surface area contributed by atoms with Gasteiger partial charge in [-0.05, 0) is 74.5 Å². The Bertz CT molecular complexity index is 918. The van der Waals surface area contributed by atoms with Crippen molar-refractivity contribution in [2.24, 2.45) is 0 Å². The number of hydrogen-bond donors (Lipinski definition) is 0. The van der Waals surface area contributed by atoms with Crippen LogP contribution in [0, 0.1) is 6.92 Å². The Morgan fingerprint density at radius 3 is 2.61 bits per heavy atom. The number of hydrogen-bond acceptors (Lipinski definition) is 3. The first-order valence-electron chi connectivity index (χ1n) is 10.2. The van der Waals surface area contributed by atoms with Crippen LogP contribution in [-0.4, -0.2) is 36.0 Å². The van der Waals surface area contributed by atoms with Gasteiger partial charge in [-0.25, -0.2) is 0 Å². The van der Waals surface area contributed by atoms with Gasteiger partial charge in [-0.3, -0.25) is 4.90 Å². The minimum absolute atomic E-state index is 0.733. The molecule has 4 heteroatoms. The first-order chi connectivity index (χ1) is 13.6. The van der Waals surface area contributed by atoms with E-state index in [0.717, 1.165) is 30.7 Å². The molecule has 0 spiro atoms. The zero-order valence-corrected chi connectivity index (χ0v) is 18.4. The van der Waals surface area contributed by atoms with Crippen molar-refractivity contribution in [3.8, 4) is 0 Å². The first kappa shape index (κ1) is 19.9. The lowest BCUT2D eigenvalue weighted by Crippen LogP contribution is -2.31. The van der Waals surface area contributed by atoms with Crippen molar-refractivity contribution in [3.63, 3.8) is 0 Å². The number of likely N-dealkylation sites (tertiary alicyclic amines) is 1. The Labute approximate surface area is 177 Å². The summed E-state index contributed by atoms with van der Waals surface area (Å²) in [5, 5.41) is 2.22. The van der Waals surface area contributed by atoms with Crippen molar-refractivity contribution in [1.82, 2.24) is 9.80 Å². The zero-order valence-electron chi connectivity index (χ0n) is 16.8. The third kappa shape index (κ3) is 4.60. The predicted octanol–water partition coefficient (Wildman–Crippen LogP) is 6.35. The van der Waals surface area contributed by atoms with Crippen molar-refractivity contribution < 1.29 is 0 Å². The van der Waals surface area contributed by atoms with Crippen molar-refractivity contribution in [2.75, 3.05) is 20.1 Å². The molecule has 2 nitrogen and oxygen atoms in total. The molecule has 0 amide bonds. The molecule has 0 aliphatic carbocycles. The predicted molar refractivity (Wildman–Crippen MR) is 122 cm³/mol. The second kappa shape index (κ2) is 8.96. The van der Waals surface area contributed by atoms with Crippen molar-refractivity contribution in [2.45, 2.75) is 45.3 Å². The molecular formula is C24H29ClN2S. The summed E-state index contributed by atoms with van der Waals surface area (Å²) in [5.41, 5.74) is 2.78. The van der Waals surface area contributed by atoms with Crippen LogP contribution in [0.4, 0.5) is 0 Å². The van der Waals surface area contributed by atoms with E-state index in [1.54, 1.807) is 0 Å². The first-order valence-corrected chi connectivity index (χ1v) is 11.4. The maximum Gasteiger partial charge on any atom is 0.0406 e. The molecule has 1 atom stereocenters. The molecule has 1 fully saturated rings. The van der Waals surface area contributed by atoms with Crippen LogP contribution in [0.3, 0.4) is 0 Å². The molecule has 0 N–H and O–H groups in total. The highest BCUT2D eigenvalue weighted by molar-refractivity contribution is 7.19. The number of nitrogens with zero attached hydrogens (tertiary/aromatic N) is 2. The summed E-state index contributed by atoms with van der Waals surface area (Å²) in [6.07, 6.45) is 3.93. The Hall–Kier alpha value is -1.39. The summed E-state index contributed by atoms with van der Waals surface area (Å²) in [6, 6.07) is 17.8. The number of aryl methyl sites for hydroxylation is 1. The molecule has 28 heavy (non-hydrogen) atoms. The van der Waals surface area contributed by atoms with E-state index >= 15 is 0 Å². The Kier molecular flexibility index (Phi) is 6.37. The topological polar surface area (TPSA) is 6.48 Å². The fourth-order valence-corrected chi connectivity index (χ4v) is 5.70. The molecule has 0 unspecified atom stereocenters. The van der Waals surface area contributed by atoms with Crippen LogP contribution in [0.25, 0.3) is 10.1 Å². The highest BCUT2D eigenvalue weighted by Crippen LogP contribution is 2.32. The second-order valence-corrected chi connectivity index (χ2v) is 9.62. The van der Waals surface area contributed by atoms with Crippen LogP contribution in [0.15, 0.2) is 48.5 Å². The van der Waals surface area contributed by atoms with Crippen molar-refractivity contribution in [3.05, 3.63) is 69.6 Å². The molecular weight excluding hydrogens is 384 g/mol. The number of thiophene rings is 1. The monoisotopic (exact) mass is 412 g/mol. The molecule has 148 valence electrons. The smallest absolute Gasteiger partial charge is 0.0406 e. The van der Waals surface area contributed by atoms with Gasteiger partial charge >= 0.3 is 0 Å². The average Bonchev–Trinajstić information content (AvgIpc) is 3.25. The lowest BCUT2D eigenvalue weighted by molar-refractivity contribution is 0.212. The molecule has 2 aromatic carbocycles. The van der Waals surface area contributed by atoms with E-state index in [1.165, 1.54) is 51.9 Å². The lowest BCUT2D eigenvalue weighted by atomic mass is 10.1. The summed E-state index contributed by atoms with van der Waals surface area (Å²) in [4.78, 5) is 6.65. The SMILES string of the molecule is Cc1c(CN(CC[C@@H]2CCCN2C)Cc2ccc(Cl)cc2)sc2ccccc12. The van der Waals surface area contributed by atoms with Gasteiger partial charge in [-0.15, -0.1) is 11.3 Å². The minimum atomic E-state index is 0.733. The Morgan fingerprint density at radius 2 is 1.89 bits per heavy atom. The Balaban J connectivity index is 1.52. The lowest BCUT2D eigenvalue weighted by Gasteiger charge is -2.26. The van der Waals surface area contributed by atoms with E-state index in [0.29, 0.717) is 0 Å². The van der Waals surface area contributed by atoms with Gasteiger partial charge in [-0.1, -0.05) is 41.9 Å². The number of halogens is 1. The average molecular weight is 413 g/mol. The summed E-state index contributed by atoms with van der Waals surface area (Å²) in [5.74, 6) is 0. The van der Waals surface area contributed by atoms with Gasteiger partial charge in [0.25, 0.3) is 0 Å². The maximum atomic E-state index is 6.09. The van der Waals surface area contributed by atoms with Gasteiger partial charge in [0, 0.05) is 40.3 Å². The zero-order chi connectivity index (χ0) is 19.5. The third-order valence-corrected chi connectivity index (χ3v) is 7.59. The van der Waals surface area contributed by atoms with Gasteiger partial charge in [0.1, 0.15) is 0 Å². The molecule has 3 aromatic rings. The normalized spacial score (nSPS) is 17.8.